The Balaban J connectivity index is 0.00000280. The molecule has 1 amide bonds. The molecule has 6 nitrogen and oxygen atoms in total. The van der Waals surface area contributed by atoms with Crippen molar-refractivity contribution in [2.24, 2.45) is 5.73 Å². The minimum absolute atomic E-state index is 0. The van der Waals surface area contributed by atoms with Crippen molar-refractivity contribution >= 4 is 39.1 Å². The summed E-state index contributed by atoms with van der Waals surface area (Å²) in [6.45, 7) is 5.03. The largest absolute Gasteiger partial charge is 0.338 e. The summed E-state index contributed by atoms with van der Waals surface area (Å²) in [5.74, 6) is -0.105. The number of halogens is 1. The minimum atomic E-state index is -3.58. The monoisotopic (exact) mass is 425 g/mol. The SMILES string of the molecule is CCCC(C)(N)C(=O)N1CCN(S(=O)(=O)c2ccc3ccccc3c2)CC1.Cl. The smallest absolute Gasteiger partial charge is 0.243 e. The summed E-state index contributed by atoms with van der Waals surface area (Å²) in [5, 5.41) is 1.90. The van der Waals surface area contributed by atoms with Crippen LogP contribution < -0.4 is 5.73 Å². The number of carbonyl (C=O) groups is 1. The molecule has 154 valence electrons. The van der Waals surface area contributed by atoms with E-state index in [4.69, 9.17) is 5.73 Å². The maximum atomic E-state index is 13.0. The third-order valence-electron chi connectivity index (χ3n) is 5.14. The van der Waals surface area contributed by atoms with Gasteiger partial charge in [0.1, 0.15) is 0 Å². The molecule has 1 atom stereocenters. The van der Waals surface area contributed by atoms with E-state index < -0.39 is 15.6 Å². The predicted octanol–water partition coefficient (Wildman–Crippen LogP) is 2.61. The second-order valence-electron chi connectivity index (χ2n) is 7.37. The van der Waals surface area contributed by atoms with E-state index in [0.717, 1.165) is 17.2 Å². The van der Waals surface area contributed by atoms with Crippen molar-refractivity contribution in [1.29, 1.82) is 0 Å². The first-order chi connectivity index (χ1) is 12.8. The minimum Gasteiger partial charge on any atom is -0.338 e. The number of benzene rings is 2. The van der Waals surface area contributed by atoms with Gasteiger partial charge in [-0.15, -0.1) is 12.4 Å². The second kappa shape index (κ2) is 8.78. The lowest BCUT2D eigenvalue weighted by atomic mass is 9.95. The van der Waals surface area contributed by atoms with Gasteiger partial charge in [-0.05, 0) is 36.2 Å². The van der Waals surface area contributed by atoms with Gasteiger partial charge in [0.15, 0.2) is 0 Å². The van der Waals surface area contributed by atoms with Gasteiger partial charge in [0, 0.05) is 26.2 Å². The number of nitrogens with two attached hydrogens (primary N) is 1. The van der Waals surface area contributed by atoms with E-state index in [1.807, 2.05) is 37.3 Å². The molecule has 0 bridgehead atoms. The quantitative estimate of drug-likeness (QED) is 0.798. The summed E-state index contributed by atoms with van der Waals surface area (Å²) in [5.41, 5.74) is 5.25. The van der Waals surface area contributed by atoms with Gasteiger partial charge >= 0.3 is 0 Å². The Morgan fingerprint density at radius 3 is 2.29 bits per heavy atom. The van der Waals surface area contributed by atoms with Crippen molar-refractivity contribution in [2.75, 3.05) is 26.2 Å². The van der Waals surface area contributed by atoms with Crippen molar-refractivity contribution < 1.29 is 13.2 Å². The van der Waals surface area contributed by atoms with E-state index in [9.17, 15) is 13.2 Å². The van der Waals surface area contributed by atoms with Crippen molar-refractivity contribution in [3.8, 4) is 0 Å². The highest BCUT2D eigenvalue weighted by atomic mass is 35.5. The summed E-state index contributed by atoms with van der Waals surface area (Å²) in [6.07, 6.45) is 1.44. The fourth-order valence-electron chi connectivity index (χ4n) is 3.60. The molecule has 2 N–H and O–H groups in total. The molecule has 0 spiro atoms. The van der Waals surface area contributed by atoms with Gasteiger partial charge < -0.3 is 10.6 Å². The van der Waals surface area contributed by atoms with Gasteiger partial charge in [0.2, 0.25) is 15.9 Å². The first-order valence-corrected chi connectivity index (χ1v) is 10.8. The number of hydrogen-bond donors (Lipinski definition) is 1. The molecule has 0 aromatic heterocycles. The van der Waals surface area contributed by atoms with Crippen LogP contribution in [0.2, 0.25) is 0 Å². The van der Waals surface area contributed by atoms with Gasteiger partial charge in [0.05, 0.1) is 10.4 Å². The maximum absolute atomic E-state index is 13.0. The van der Waals surface area contributed by atoms with Gasteiger partial charge in [-0.2, -0.15) is 4.31 Å². The highest BCUT2D eigenvalue weighted by Gasteiger charge is 2.36. The van der Waals surface area contributed by atoms with Crippen molar-refractivity contribution in [1.82, 2.24) is 9.21 Å². The molecule has 1 unspecified atom stereocenters. The highest BCUT2D eigenvalue weighted by molar-refractivity contribution is 7.89. The normalized spacial score (nSPS) is 17.8. The maximum Gasteiger partial charge on any atom is 0.243 e. The topological polar surface area (TPSA) is 83.7 Å². The van der Waals surface area contributed by atoms with Crippen molar-refractivity contribution in [2.45, 2.75) is 37.1 Å². The number of fused-ring (bicyclic) bond motifs is 1. The Hall–Kier alpha value is -1.67. The summed E-state index contributed by atoms with van der Waals surface area (Å²) < 4.78 is 27.5. The number of sulfonamides is 1. The zero-order chi connectivity index (χ0) is 19.7. The van der Waals surface area contributed by atoms with Gasteiger partial charge in [-0.3, -0.25) is 4.79 Å². The molecule has 2 aromatic carbocycles. The molecule has 0 radical (unpaired) electrons. The van der Waals surface area contributed by atoms with Crippen LogP contribution in [0.4, 0.5) is 0 Å². The van der Waals surface area contributed by atoms with Gasteiger partial charge in [0.25, 0.3) is 0 Å². The van der Waals surface area contributed by atoms with Crippen molar-refractivity contribution in [3.05, 3.63) is 42.5 Å². The first kappa shape index (κ1) is 22.6. The van der Waals surface area contributed by atoms with Gasteiger partial charge in [-0.1, -0.05) is 43.7 Å². The summed E-state index contributed by atoms with van der Waals surface area (Å²) >= 11 is 0. The number of amides is 1. The van der Waals surface area contributed by atoms with Crippen LogP contribution >= 0.6 is 12.4 Å². The van der Waals surface area contributed by atoms with Crippen molar-refractivity contribution in [3.63, 3.8) is 0 Å². The van der Waals surface area contributed by atoms with Crippen LogP contribution in [0.3, 0.4) is 0 Å². The van der Waals surface area contributed by atoms with Crippen LogP contribution in [0.1, 0.15) is 26.7 Å². The lowest BCUT2D eigenvalue weighted by Crippen LogP contribution is -2.58. The molecule has 1 aliphatic rings. The summed E-state index contributed by atoms with van der Waals surface area (Å²) in [4.78, 5) is 14.6. The number of nitrogens with zero attached hydrogens (tertiary/aromatic N) is 2. The fraction of sp³-hybridized carbons (Fsp3) is 0.450. The van der Waals surface area contributed by atoms with E-state index in [0.29, 0.717) is 19.5 Å². The lowest BCUT2D eigenvalue weighted by Gasteiger charge is -2.38. The molecule has 1 fully saturated rings. The third kappa shape index (κ3) is 4.49. The van der Waals surface area contributed by atoms with E-state index in [-0.39, 0.29) is 36.3 Å². The molecule has 1 heterocycles. The zero-order valence-corrected chi connectivity index (χ0v) is 17.9. The second-order valence-corrected chi connectivity index (χ2v) is 9.31. The van der Waals surface area contributed by atoms with Crippen LogP contribution in [-0.2, 0) is 14.8 Å². The van der Waals surface area contributed by atoms with E-state index in [1.54, 1.807) is 24.0 Å². The molecule has 1 aliphatic heterocycles. The number of rotatable bonds is 5. The molecule has 8 heteroatoms. The van der Waals surface area contributed by atoms with Crippen LogP contribution in [-0.4, -0.2) is 55.2 Å². The van der Waals surface area contributed by atoms with Gasteiger partial charge in [-0.25, -0.2) is 8.42 Å². The molecule has 0 saturated carbocycles. The number of hydrogen-bond acceptors (Lipinski definition) is 4. The molecule has 0 aliphatic carbocycles. The Morgan fingerprint density at radius 1 is 1.07 bits per heavy atom. The Morgan fingerprint density at radius 2 is 1.68 bits per heavy atom. The molecule has 28 heavy (non-hydrogen) atoms. The summed E-state index contributed by atoms with van der Waals surface area (Å²) in [6, 6.07) is 12.9. The third-order valence-corrected chi connectivity index (χ3v) is 7.04. The first-order valence-electron chi connectivity index (χ1n) is 9.33. The number of carbonyl (C=O) groups excluding carboxylic acids is 1. The predicted molar refractivity (Wildman–Crippen MR) is 114 cm³/mol. The average Bonchev–Trinajstić information content (AvgIpc) is 2.67. The highest BCUT2D eigenvalue weighted by Crippen LogP contribution is 2.23. The average molecular weight is 426 g/mol. The standard InChI is InChI=1S/C20H27N3O3S.ClH/c1-3-10-20(2,21)19(24)22-11-13-23(14-12-22)27(25,26)18-9-8-16-6-4-5-7-17(16)15-18;/h4-9,15H,3,10-14,21H2,1-2H3;1H. The van der Waals surface area contributed by atoms with Crippen LogP contribution in [0.15, 0.2) is 47.4 Å². The molecule has 1 saturated heterocycles. The Labute approximate surface area is 173 Å². The van der Waals surface area contributed by atoms with E-state index >= 15 is 0 Å². The van der Waals surface area contributed by atoms with E-state index in [2.05, 4.69) is 0 Å². The molecule has 3 rings (SSSR count). The Bertz CT molecular complexity index is 939. The lowest BCUT2D eigenvalue weighted by molar-refractivity contribution is -0.137. The molecule has 2 aromatic rings. The Kier molecular flexibility index (Phi) is 7.09. The number of piperazine rings is 1. The molecular weight excluding hydrogens is 398 g/mol. The van der Waals surface area contributed by atoms with Crippen LogP contribution in [0.25, 0.3) is 10.8 Å². The molecular formula is C20H28ClN3O3S. The van der Waals surface area contributed by atoms with E-state index in [1.165, 1.54) is 4.31 Å². The zero-order valence-electron chi connectivity index (χ0n) is 16.3. The van der Waals surface area contributed by atoms with Crippen LogP contribution in [0.5, 0.6) is 0 Å². The fourth-order valence-corrected chi connectivity index (χ4v) is 5.05. The summed E-state index contributed by atoms with van der Waals surface area (Å²) in [7, 11) is -3.58. The van der Waals surface area contributed by atoms with Crippen LogP contribution in [0, 0.1) is 0 Å².